The van der Waals surface area contributed by atoms with Crippen LogP contribution in [0.3, 0.4) is 0 Å². The fourth-order valence-corrected chi connectivity index (χ4v) is 2.90. The molecule has 1 N–H and O–H groups in total. The lowest BCUT2D eigenvalue weighted by atomic mass is 10.2. The summed E-state index contributed by atoms with van der Waals surface area (Å²) in [4.78, 5) is 16.3. The van der Waals surface area contributed by atoms with Crippen LogP contribution in [-0.4, -0.2) is 70.0 Å². The van der Waals surface area contributed by atoms with Crippen molar-refractivity contribution in [3.05, 3.63) is 41.2 Å². The minimum Gasteiger partial charge on any atom is -0.490 e. The molecule has 1 fully saturated rings. The first kappa shape index (κ1) is 18.3. The highest BCUT2D eigenvalue weighted by Crippen LogP contribution is 2.17. The molecule has 0 spiro atoms. The third kappa shape index (κ3) is 4.39. The second kappa shape index (κ2) is 8.29. The zero-order chi connectivity index (χ0) is 18.5. The van der Waals surface area contributed by atoms with E-state index in [0.717, 1.165) is 17.0 Å². The second-order valence-corrected chi connectivity index (χ2v) is 6.49. The van der Waals surface area contributed by atoms with Crippen molar-refractivity contribution in [3.8, 4) is 5.75 Å². The third-order valence-corrected chi connectivity index (χ3v) is 4.58. The average molecular weight is 360 g/mol. The maximum atomic E-state index is 12.4. The van der Waals surface area contributed by atoms with Crippen LogP contribution in [0.15, 0.2) is 28.9 Å². The van der Waals surface area contributed by atoms with Crippen LogP contribution in [0.25, 0.3) is 0 Å². The number of amides is 1. The molecular formula is C18H24N4O4. The quantitative estimate of drug-likeness (QED) is 0.813. The van der Waals surface area contributed by atoms with E-state index in [2.05, 4.69) is 15.2 Å². The molecule has 1 atom stereocenters. The van der Waals surface area contributed by atoms with Crippen molar-refractivity contribution in [2.24, 2.45) is 0 Å². The van der Waals surface area contributed by atoms with Crippen molar-refractivity contribution in [1.82, 2.24) is 20.1 Å². The summed E-state index contributed by atoms with van der Waals surface area (Å²) in [5.41, 5.74) is 2.57. The van der Waals surface area contributed by atoms with Gasteiger partial charge in [-0.25, -0.2) is 4.63 Å². The van der Waals surface area contributed by atoms with Crippen molar-refractivity contribution < 1.29 is 19.3 Å². The number of ether oxygens (including phenoxy) is 1. The number of benzene rings is 1. The number of aliphatic hydroxyl groups excluding tert-OH is 1. The number of rotatable bonds is 6. The Morgan fingerprint density at radius 1 is 1.23 bits per heavy atom. The van der Waals surface area contributed by atoms with E-state index < -0.39 is 6.10 Å². The second-order valence-electron chi connectivity index (χ2n) is 6.49. The third-order valence-electron chi connectivity index (χ3n) is 4.58. The number of aryl methyl sites for hydroxylation is 2. The van der Waals surface area contributed by atoms with Crippen LogP contribution in [0, 0.1) is 13.8 Å². The zero-order valence-electron chi connectivity index (χ0n) is 15.1. The molecular weight excluding hydrogens is 336 g/mol. The molecule has 2 aromatic rings. The fraction of sp³-hybridized carbons (Fsp3) is 0.500. The van der Waals surface area contributed by atoms with Gasteiger partial charge >= 0.3 is 0 Å². The summed E-state index contributed by atoms with van der Waals surface area (Å²) in [5, 5.41) is 17.8. The van der Waals surface area contributed by atoms with Crippen molar-refractivity contribution >= 4 is 5.91 Å². The number of aromatic nitrogens is 2. The Kier molecular flexibility index (Phi) is 5.85. The van der Waals surface area contributed by atoms with E-state index in [4.69, 9.17) is 9.37 Å². The number of hydrogen-bond donors (Lipinski definition) is 1. The van der Waals surface area contributed by atoms with Gasteiger partial charge in [0.15, 0.2) is 6.10 Å². The minimum absolute atomic E-state index is 0.0479. The number of para-hydroxylation sites is 1. The topological polar surface area (TPSA) is 91.9 Å². The predicted octanol–water partition coefficient (Wildman–Crippen LogP) is 0.771. The van der Waals surface area contributed by atoms with Gasteiger partial charge < -0.3 is 14.7 Å². The maximum absolute atomic E-state index is 12.4. The van der Waals surface area contributed by atoms with E-state index in [1.54, 1.807) is 4.90 Å². The zero-order valence-corrected chi connectivity index (χ0v) is 15.1. The van der Waals surface area contributed by atoms with Crippen molar-refractivity contribution in [1.29, 1.82) is 0 Å². The number of nitrogens with zero attached hydrogens (tertiary/aromatic N) is 4. The van der Waals surface area contributed by atoms with E-state index in [1.807, 2.05) is 38.1 Å². The summed E-state index contributed by atoms with van der Waals surface area (Å²) >= 11 is 0. The van der Waals surface area contributed by atoms with Crippen molar-refractivity contribution in [2.45, 2.75) is 26.5 Å². The minimum atomic E-state index is -1.16. The summed E-state index contributed by atoms with van der Waals surface area (Å²) < 4.78 is 10.3. The Hall–Kier alpha value is -2.45. The normalized spacial score (nSPS) is 16.5. The Balaban J connectivity index is 1.45. The Morgan fingerprint density at radius 2 is 1.96 bits per heavy atom. The first-order valence-corrected chi connectivity index (χ1v) is 8.70. The fourth-order valence-electron chi connectivity index (χ4n) is 2.90. The molecule has 8 nitrogen and oxygen atoms in total. The molecule has 1 aromatic heterocycles. The van der Waals surface area contributed by atoms with Crippen LogP contribution in [0.4, 0.5) is 0 Å². The molecule has 140 valence electrons. The van der Waals surface area contributed by atoms with Gasteiger partial charge in [0, 0.05) is 32.7 Å². The van der Waals surface area contributed by atoms with Gasteiger partial charge in [0.1, 0.15) is 23.7 Å². The summed E-state index contributed by atoms with van der Waals surface area (Å²) in [6.45, 7) is 6.93. The van der Waals surface area contributed by atoms with Gasteiger partial charge in [-0.2, -0.15) is 0 Å². The van der Waals surface area contributed by atoms with E-state index in [0.29, 0.717) is 38.5 Å². The largest absolute Gasteiger partial charge is 0.490 e. The Morgan fingerprint density at radius 3 is 2.62 bits per heavy atom. The van der Waals surface area contributed by atoms with Gasteiger partial charge in [0.25, 0.3) is 5.91 Å². The predicted molar refractivity (Wildman–Crippen MR) is 93.6 cm³/mol. The van der Waals surface area contributed by atoms with Gasteiger partial charge in [-0.1, -0.05) is 28.5 Å². The summed E-state index contributed by atoms with van der Waals surface area (Å²) in [6, 6.07) is 7.53. The monoisotopic (exact) mass is 360 g/mol. The van der Waals surface area contributed by atoms with Gasteiger partial charge in [-0.05, 0) is 25.5 Å². The van der Waals surface area contributed by atoms with Crippen LogP contribution in [-0.2, 0) is 11.3 Å². The molecule has 1 saturated heterocycles. The molecule has 2 heterocycles. The molecule has 1 aliphatic rings. The highest BCUT2D eigenvalue weighted by molar-refractivity contribution is 5.81. The number of carbonyl (C=O) groups is 1. The molecule has 8 heteroatoms. The summed E-state index contributed by atoms with van der Waals surface area (Å²) in [5.74, 6) is 0.387. The number of hydrogen-bond acceptors (Lipinski definition) is 7. The molecule has 0 radical (unpaired) electrons. The lowest BCUT2D eigenvalue weighted by Gasteiger charge is -2.35. The highest BCUT2D eigenvalue weighted by Gasteiger charge is 2.27. The number of piperazine rings is 1. The number of aliphatic hydroxyl groups is 1. The van der Waals surface area contributed by atoms with Crippen LogP contribution in [0.2, 0.25) is 0 Å². The molecule has 26 heavy (non-hydrogen) atoms. The highest BCUT2D eigenvalue weighted by atomic mass is 16.6. The Labute approximate surface area is 152 Å². The maximum Gasteiger partial charge on any atom is 0.255 e. The van der Waals surface area contributed by atoms with Crippen molar-refractivity contribution in [3.63, 3.8) is 0 Å². The van der Waals surface area contributed by atoms with Gasteiger partial charge in [-0.15, -0.1) is 0 Å². The molecule has 0 saturated carbocycles. The molecule has 1 aromatic carbocycles. The van der Waals surface area contributed by atoms with E-state index >= 15 is 0 Å². The molecule has 0 bridgehead atoms. The standard InChI is InChI=1S/C18H24N4O4/c1-13-5-3-4-6-17(13)25-12-16(23)18(24)22-9-7-21(8-10-22)11-15-14(2)19-26-20-15/h3-6,16,23H,7-12H2,1-2H3. The van der Waals surface area contributed by atoms with Crippen LogP contribution < -0.4 is 4.74 Å². The van der Waals surface area contributed by atoms with Crippen LogP contribution in [0.5, 0.6) is 5.75 Å². The molecule has 1 amide bonds. The van der Waals surface area contributed by atoms with Gasteiger partial charge in [-0.3, -0.25) is 9.69 Å². The number of carbonyl (C=O) groups excluding carboxylic acids is 1. The first-order chi connectivity index (χ1) is 12.5. The molecule has 3 rings (SSSR count). The summed E-state index contributed by atoms with van der Waals surface area (Å²) in [7, 11) is 0. The SMILES string of the molecule is Cc1ccccc1OCC(O)C(=O)N1CCN(Cc2nonc2C)CC1. The van der Waals surface area contributed by atoms with Gasteiger partial charge in [0.05, 0.1) is 0 Å². The van der Waals surface area contributed by atoms with Crippen molar-refractivity contribution in [2.75, 3.05) is 32.8 Å². The smallest absolute Gasteiger partial charge is 0.255 e. The van der Waals surface area contributed by atoms with E-state index in [-0.39, 0.29) is 12.5 Å². The molecule has 0 aliphatic carbocycles. The summed E-state index contributed by atoms with van der Waals surface area (Å²) in [6.07, 6.45) is -1.16. The van der Waals surface area contributed by atoms with E-state index in [1.165, 1.54) is 0 Å². The first-order valence-electron chi connectivity index (χ1n) is 8.70. The van der Waals surface area contributed by atoms with Gasteiger partial charge in [0.2, 0.25) is 0 Å². The average Bonchev–Trinajstić information content (AvgIpc) is 3.05. The molecule has 1 unspecified atom stereocenters. The van der Waals surface area contributed by atoms with Crippen LogP contribution >= 0.6 is 0 Å². The van der Waals surface area contributed by atoms with E-state index in [9.17, 15) is 9.90 Å². The lowest BCUT2D eigenvalue weighted by Crippen LogP contribution is -2.52. The van der Waals surface area contributed by atoms with Crippen LogP contribution in [0.1, 0.15) is 17.0 Å². The molecule has 1 aliphatic heterocycles. The lowest BCUT2D eigenvalue weighted by molar-refractivity contribution is -0.143. The Bertz CT molecular complexity index is 740.